The lowest BCUT2D eigenvalue weighted by Gasteiger charge is -2.16. The normalized spacial score (nSPS) is 12.1. The topological polar surface area (TPSA) is 82.6 Å². The maximum Gasteiger partial charge on any atom is 0.319 e. The molecule has 0 saturated heterocycles. The van der Waals surface area contributed by atoms with E-state index >= 15 is 0 Å². The molecular formula is C16H27N3O3. The number of carbonyl (C=O) groups excluding carboxylic acids is 1. The van der Waals surface area contributed by atoms with E-state index in [1.54, 1.807) is 12.1 Å². The molecule has 6 nitrogen and oxygen atoms in total. The first-order valence-electron chi connectivity index (χ1n) is 7.62. The number of anilines is 1. The molecule has 0 bridgehead atoms. The monoisotopic (exact) mass is 309 g/mol. The number of hydrogen-bond acceptors (Lipinski definition) is 4. The molecule has 4 N–H and O–H groups in total. The Hall–Kier alpha value is -1.79. The van der Waals surface area contributed by atoms with E-state index in [1.807, 2.05) is 33.8 Å². The second-order valence-electron chi connectivity index (χ2n) is 5.49. The highest BCUT2D eigenvalue weighted by atomic mass is 16.5. The number of rotatable bonds is 8. The van der Waals surface area contributed by atoms with E-state index in [1.165, 1.54) is 0 Å². The number of benzene rings is 1. The van der Waals surface area contributed by atoms with Crippen LogP contribution in [-0.4, -0.2) is 43.0 Å². The minimum atomic E-state index is -0.560. The highest BCUT2D eigenvalue weighted by Gasteiger charge is 2.08. The Labute approximate surface area is 132 Å². The van der Waals surface area contributed by atoms with Crippen LogP contribution in [0.4, 0.5) is 10.5 Å². The number of urea groups is 1. The minimum absolute atomic E-state index is 0.226. The Kier molecular flexibility index (Phi) is 7.70. The van der Waals surface area contributed by atoms with Gasteiger partial charge in [0, 0.05) is 24.8 Å². The molecule has 0 aliphatic heterocycles. The molecule has 1 aromatic rings. The van der Waals surface area contributed by atoms with Crippen LogP contribution in [0.3, 0.4) is 0 Å². The van der Waals surface area contributed by atoms with Gasteiger partial charge in [0.1, 0.15) is 18.5 Å². The molecule has 0 aromatic heterocycles. The predicted molar refractivity (Wildman–Crippen MR) is 88.5 cm³/mol. The van der Waals surface area contributed by atoms with E-state index in [2.05, 4.69) is 16.0 Å². The molecule has 1 rings (SSSR count). The van der Waals surface area contributed by atoms with E-state index in [0.29, 0.717) is 30.6 Å². The quantitative estimate of drug-likeness (QED) is 0.591. The van der Waals surface area contributed by atoms with Crippen LogP contribution in [0.5, 0.6) is 5.75 Å². The first kappa shape index (κ1) is 18.3. The predicted octanol–water partition coefficient (Wildman–Crippen LogP) is 1.87. The van der Waals surface area contributed by atoms with Crippen LogP contribution in [0.2, 0.25) is 0 Å². The zero-order valence-corrected chi connectivity index (χ0v) is 13.8. The summed E-state index contributed by atoms with van der Waals surface area (Å²) in [6.07, 6.45) is -0.560. The van der Waals surface area contributed by atoms with Crippen molar-refractivity contribution < 1.29 is 14.6 Å². The van der Waals surface area contributed by atoms with E-state index in [4.69, 9.17) is 4.74 Å². The summed E-state index contributed by atoms with van der Waals surface area (Å²) in [5, 5.41) is 18.4. The standard InChI is InChI=1S/C16H27N3O3/c1-5-17-16(21)19-13-6-7-15(12(4)8-13)22-10-14(20)9-18-11(2)3/h6-8,11,14,18,20H,5,9-10H2,1-4H3,(H2,17,19,21)/t14-/m0/s1. The number of amides is 2. The highest BCUT2D eigenvalue weighted by Crippen LogP contribution is 2.22. The fraction of sp³-hybridized carbons (Fsp3) is 0.562. The lowest BCUT2D eigenvalue weighted by atomic mass is 10.2. The summed E-state index contributed by atoms with van der Waals surface area (Å²) >= 11 is 0. The molecule has 0 aliphatic rings. The maximum atomic E-state index is 11.5. The third-order valence-electron chi connectivity index (χ3n) is 2.96. The van der Waals surface area contributed by atoms with Crippen molar-refractivity contribution in [1.82, 2.24) is 10.6 Å². The summed E-state index contributed by atoms with van der Waals surface area (Å²) in [5.74, 6) is 0.699. The molecule has 0 saturated carbocycles. The summed E-state index contributed by atoms with van der Waals surface area (Å²) in [5.41, 5.74) is 1.61. The second kappa shape index (κ2) is 9.27. The molecule has 1 atom stereocenters. The molecule has 0 fully saturated rings. The van der Waals surface area contributed by atoms with Gasteiger partial charge < -0.3 is 25.8 Å². The smallest absolute Gasteiger partial charge is 0.319 e. The molecule has 0 spiro atoms. The van der Waals surface area contributed by atoms with Gasteiger partial charge in [0.15, 0.2) is 0 Å². The van der Waals surface area contributed by atoms with E-state index < -0.39 is 6.10 Å². The van der Waals surface area contributed by atoms with Crippen LogP contribution in [0.1, 0.15) is 26.3 Å². The first-order valence-corrected chi connectivity index (χ1v) is 7.62. The van der Waals surface area contributed by atoms with Gasteiger partial charge in [-0.2, -0.15) is 0 Å². The molecule has 0 unspecified atom stereocenters. The Morgan fingerprint density at radius 1 is 1.36 bits per heavy atom. The fourth-order valence-corrected chi connectivity index (χ4v) is 1.84. The van der Waals surface area contributed by atoms with Gasteiger partial charge in [-0.3, -0.25) is 0 Å². The number of nitrogens with one attached hydrogen (secondary N) is 3. The van der Waals surface area contributed by atoms with Crippen LogP contribution in [0, 0.1) is 6.92 Å². The maximum absolute atomic E-state index is 11.5. The average Bonchev–Trinajstić information content (AvgIpc) is 2.44. The molecule has 6 heteroatoms. The van der Waals surface area contributed by atoms with Crippen molar-refractivity contribution in [3.63, 3.8) is 0 Å². The van der Waals surface area contributed by atoms with Crippen molar-refractivity contribution >= 4 is 11.7 Å². The molecule has 22 heavy (non-hydrogen) atoms. The number of aliphatic hydroxyl groups excluding tert-OH is 1. The molecule has 1 aromatic carbocycles. The van der Waals surface area contributed by atoms with Gasteiger partial charge in [-0.25, -0.2) is 4.79 Å². The number of aliphatic hydroxyl groups is 1. The van der Waals surface area contributed by atoms with Crippen molar-refractivity contribution in [2.24, 2.45) is 0 Å². The van der Waals surface area contributed by atoms with E-state index in [0.717, 1.165) is 5.56 Å². The third-order valence-corrected chi connectivity index (χ3v) is 2.96. The zero-order valence-electron chi connectivity index (χ0n) is 13.8. The molecule has 124 valence electrons. The van der Waals surface area contributed by atoms with Gasteiger partial charge in [-0.05, 0) is 37.6 Å². The molecular weight excluding hydrogens is 282 g/mol. The highest BCUT2D eigenvalue weighted by molar-refractivity contribution is 5.89. The zero-order chi connectivity index (χ0) is 16.5. The number of ether oxygens (including phenoxy) is 1. The van der Waals surface area contributed by atoms with Crippen molar-refractivity contribution in [2.45, 2.75) is 39.8 Å². The fourth-order valence-electron chi connectivity index (χ4n) is 1.84. The lowest BCUT2D eigenvalue weighted by Crippen LogP contribution is -2.35. The van der Waals surface area contributed by atoms with Crippen molar-refractivity contribution in [3.05, 3.63) is 23.8 Å². The van der Waals surface area contributed by atoms with Gasteiger partial charge in [-0.15, -0.1) is 0 Å². The lowest BCUT2D eigenvalue weighted by molar-refractivity contribution is 0.104. The Bertz CT molecular complexity index is 478. The van der Waals surface area contributed by atoms with Crippen LogP contribution < -0.4 is 20.7 Å². The SMILES string of the molecule is CCNC(=O)Nc1ccc(OC[C@@H](O)CNC(C)C)c(C)c1. The van der Waals surface area contributed by atoms with Crippen molar-refractivity contribution in [1.29, 1.82) is 0 Å². The first-order chi connectivity index (χ1) is 10.4. The van der Waals surface area contributed by atoms with Crippen LogP contribution >= 0.6 is 0 Å². The molecule has 2 amide bonds. The Morgan fingerprint density at radius 2 is 2.09 bits per heavy atom. The minimum Gasteiger partial charge on any atom is -0.491 e. The van der Waals surface area contributed by atoms with Crippen molar-refractivity contribution in [3.8, 4) is 5.75 Å². The number of hydrogen-bond donors (Lipinski definition) is 4. The number of carbonyl (C=O) groups is 1. The van der Waals surface area contributed by atoms with Gasteiger partial charge >= 0.3 is 6.03 Å². The van der Waals surface area contributed by atoms with Gasteiger partial charge in [-0.1, -0.05) is 13.8 Å². The summed E-state index contributed by atoms with van der Waals surface area (Å²) in [4.78, 5) is 11.5. The largest absolute Gasteiger partial charge is 0.491 e. The molecule has 0 heterocycles. The van der Waals surface area contributed by atoms with Gasteiger partial charge in [0.25, 0.3) is 0 Å². The Balaban J connectivity index is 2.50. The summed E-state index contributed by atoms with van der Waals surface area (Å²) in [6.45, 7) is 9.11. The third kappa shape index (κ3) is 6.78. The second-order valence-corrected chi connectivity index (χ2v) is 5.49. The van der Waals surface area contributed by atoms with Crippen LogP contribution in [0.25, 0.3) is 0 Å². The molecule has 0 radical (unpaired) electrons. The summed E-state index contributed by atoms with van der Waals surface area (Å²) < 4.78 is 5.62. The number of aryl methyl sites for hydroxylation is 1. The van der Waals surface area contributed by atoms with E-state index in [9.17, 15) is 9.90 Å². The van der Waals surface area contributed by atoms with Gasteiger partial charge in [0.2, 0.25) is 0 Å². The van der Waals surface area contributed by atoms with Crippen LogP contribution in [-0.2, 0) is 0 Å². The van der Waals surface area contributed by atoms with Gasteiger partial charge in [0.05, 0.1) is 0 Å². The average molecular weight is 309 g/mol. The van der Waals surface area contributed by atoms with E-state index in [-0.39, 0.29) is 12.6 Å². The summed E-state index contributed by atoms with van der Waals surface area (Å²) in [6, 6.07) is 5.50. The van der Waals surface area contributed by atoms with Crippen LogP contribution in [0.15, 0.2) is 18.2 Å². The van der Waals surface area contributed by atoms with Crippen molar-refractivity contribution in [2.75, 3.05) is 25.0 Å². The molecule has 0 aliphatic carbocycles. The summed E-state index contributed by atoms with van der Waals surface area (Å²) in [7, 11) is 0. The Morgan fingerprint density at radius 3 is 2.68 bits per heavy atom.